The number of hydrogen-bond donors (Lipinski definition) is 2. The van der Waals surface area contributed by atoms with Crippen molar-refractivity contribution >= 4 is 62.2 Å². The van der Waals surface area contributed by atoms with Crippen LogP contribution in [0.2, 0.25) is 0 Å². The number of nitrogens with one attached hydrogen (secondary N) is 2. The first-order valence-corrected chi connectivity index (χ1v) is 14.1. The fraction of sp³-hybridized carbons (Fsp3) is 0.280. The zero-order valence-electron chi connectivity index (χ0n) is 20.4. The number of hydrogen-bond acceptors (Lipinski definition) is 8. The highest BCUT2D eigenvalue weighted by Crippen LogP contribution is 2.32. The molecule has 2 aromatic carbocycles. The van der Waals surface area contributed by atoms with Crippen LogP contribution >= 0.6 is 24.0 Å². The number of carbonyl (C=O) groups is 3. The number of rotatable bonds is 11. The van der Waals surface area contributed by atoms with Crippen LogP contribution < -0.4 is 10.3 Å². The molecule has 0 radical (unpaired) electrons. The Morgan fingerprint density at radius 3 is 2.38 bits per heavy atom. The number of thioether (sulfide) groups is 1. The van der Waals surface area contributed by atoms with E-state index in [-0.39, 0.29) is 17.2 Å². The lowest BCUT2D eigenvalue weighted by molar-refractivity contribution is -0.123. The minimum atomic E-state index is -3.83. The van der Waals surface area contributed by atoms with Gasteiger partial charge in [0.2, 0.25) is 5.91 Å². The zero-order chi connectivity index (χ0) is 27.0. The molecule has 9 nitrogen and oxygen atoms in total. The van der Waals surface area contributed by atoms with Crippen LogP contribution in [0.1, 0.15) is 47.2 Å². The van der Waals surface area contributed by atoms with E-state index in [0.717, 1.165) is 11.1 Å². The number of hydrazine groups is 1. The average molecular weight is 562 g/mol. The van der Waals surface area contributed by atoms with Gasteiger partial charge in [-0.25, -0.2) is 13.2 Å². The van der Waals surface area contributed by atoms with Crippen LogP contribution in [0.15, 0.2) is 58.3 Å². The molecule has 0 atom stereocenters. The highest BCUT2D eigenvalue weighted by Gasteiger charge is 2.31. The van der Waals surface area contributed by atoms with E-state index in [2.05, 4.69) is 15.0 Å². The molecule has 1 aliphatic heterocycles. The van der Waals surface area contributed by atoms with E-state index in [4.69, 9.17) is 12.2 Å². The normalized spacial score (nSPS) is 14.8. The minimum Gasteiger partial charge on any atom is -0.465 e. The number of benzene rings is 2. The predicted molar refractivity (Wildman–Crippen MR) is 146 cm³/mol. The van der Waals surface area contributed by atoms with Crippen LogP contribution in [0.25, 0.3) is 6.08 Å². The van der Waals surface area contributed by atoms with E-state index < -0.39 is 21.9 Å². The second-order valence-corrected chi connectivity index (χ2v) is 11.6. The van der Waals surface area contributed by atoms with Crippen LogP contribution in [-0.2, 0) is 24.3 Å². The summed E-state index contributed by atoms with van der Waals surface area (Å²) in [5.74, 6) is -1.06. The number of esters is 1. The maximum atomic E-state index is 12.8. The Labute approximate surface area is 225 Å². The third kappa shape index (κ3) is 7.96. The fourth-order valence-electron chi connectivity index (χ4n) is 3.37. The second kappa shape index (κ2) is 13.0. The largest absolute Gasteiger partial charge is 0.465 e. The quantitative estimate of drug-likeness (QED) is 0.140. The molecule has 0 spiro atoms. The number of unbranched alkanes of at least 4 members (excludes halogenated alkanes) is 2. The van der Waals surface area contributed by atoms with Crippen molar-refractivity contribution in [1.82, 2.24) is 15.2 Å². The molecule has 2 amide bonds. The lowest BCUT2D eigenvalue weighted by atomic mass is 10.1. The van der Waals surface area contributed by atoms with Gasteiger partial charge in [0.05, 0.1) is 22.5 Å². The maximum Gasteiger partial charge on any atom is 0.337 e. The van der Waals surface area contributed by atoms with Gasteiger partial charge >= 0.3 is 5.97 Å². The second-order valence-electron chi connectivity index (χ2n) is 8.22. The van der Waals surface area contributed by atoms with Crippen LogP contribution in [-0.4, -0.2) is 49.1 Å². The Balaban J connectivity index is 1.40. The van der Waals surface area contributed by atoms with E-state index in [1.807, 2.05) is 6.92 Å². The summed E-state index contributed by atoms with van der Waals surface area (Å²) in [6.45, 7) is 2.27. The molecule has 0 saturated carbocycles. The molecule has 3 rings (SSSR count). The number of thiocarbonyl (C=S) groups is 1. The van der Waals surface area contributed by atoms with Gasteiger partial charge in [-0.1, -0.05) is 60.2 Å². The smallest absolute Gasteiger partial charge is 0.337 e. The summed E-state index contributed by atoms with van der Waals surface area (Å²) >= 11 is 6.57. The van der Waals surface area contributed by atoms with Gasteiger partial charge in [0.15, 0.2) is 0 Å². The molecule has 1 fully saturated rings. The summed E-state index contributed by atoms with van der Waals surface area (Å²) in [7, 11) is -2.52. The summed E-state index contributed by atoms with van der Waals surface area (Å²) in [5, 5.41) is 0. The van der Waals surface area contributed by atoms with Gasteiger partial charge < -0.3 is 4.74 Å². The molecule has 0 aromatic heterocycles. The van der Waals surface area contributed by atoms with Crippen LogP contribution in [0.4, 0.5) is 0 Å². The van der Waals surface area contributed by atoms with E-state index in [1.165, 1.54) is 35.9 Å². The molecule has 1 saturated heterocycles. The molecule has 0 unspecified atom stereocenters. The third-order valence-corrected chi connectivity index (χ3v) is 8.09. The van der Waals surface area contributed by atoms with Gasteiger partial charge in [0.1, 0.15) is 4.32 Å². The van der Waals surface area contributed by atoms with Gasteiger partial charge in [0.25, 0.3) is 15.9 Å². The molecular formula is C25H27N3O6S3. The first-order valence-electron chi connectivity index (χ1n) is 11.4. The minimum absolute atomic E-state index is 0.0640. The van der Waals surface area contributed by atoms with E-state index in [9.17, 15) is 22.8 Å². The van der Waals surface area contributed by atoms with E-state index >= 15 is 0 Å². The van der Waals surface area contributed by atoms with Gasteiger partial charge in [-0.2, -0.15) is 0 Å². The molecule has 0 aliphatic carbocycles. The maximum absolute atomic E-state index is 12.8. The standard InChI is InChI=1S/C25H27N3O6S3/c1-17-7-13-20(14-8-17)37(32,33)27-26-22(29)6-4-3-5-15-28-23(30)21(36-25(28)35)16-18-9-11-19(12-10-18)24(31)34-2/h7-14,16,27H,3-6,15H2,1-2H3,(H,26,29). The van der Waals surface area contributed by atoms with Gasteiger partial charge in [-0.3, -0.25) is 19.9 Å². The van der Waals surface area contributed by atoms with Crippen molar-refractivity contribution in [3.63, 3.8) is 0 Å². The van der Waals surface area contributed by atoms with Gasteiger partial charge in [-0.05, 0) is 55.7 Å². The lowest BCUT2D eigenvalue weighted by Crippen LogP contribution is -2.41. The van der Waals surface area contributed by atoms with Gasteiger partial charge in [-0.15, -0.1) is 4.83 Å². The molecule has 196 valence electrons. The Bertz CT molecular complexity index is 1310. The van der Waals surface area contributed by atoms with Crippen molar-refractivity contribution in [3.05, 3.63) is 70.1 Å². The molecular weight excluding hydrogens is 534 g/mol. The van der Waals surface area contributed by atoms with E-state index in [0.29, 0.717) is 40.6 Å². The van der Waals surface area contributed by atoms with Crippen molar-refractivity contribution in [2.75, 3.05) is 13.7 Å². The van der Waals surface area contributed by atoms with Crippen molar-refractivity contribution in [2.24, 2.45) is 0 Å². The summed E-state index contributed by atoms with van der Waals surface area (Å²) in [6, 6.07) is 13.0. The van der Waals surface area contributed by atoms with Crippen LogP contribution in [0.5, 0.6) is 0 Å². The number of methoxy groups -OCH3 is 1. The molecule has 12 heteroatoms. The summed E-state index contributed by atoms with van der Waals surface area (Å²) in [4.78, 5) is 40.6. The number of amides is 2. The summed E-state index contributed by atoms with van der Waals surface area (Å²) < 4.78 is 29.6. The Hall–Kier alpha value is -3.06. The highest BCUT2D eigenvalue weighted by molar-refractivity contribution is 8.26. The lowest BCUT2D eigenvalue weighted by Gasteiger charge is -2.14. The highest BCUT2D eigenvalue weighted by atomic mass is 32.2. The summed E-state index contributed by atoms with van der Waals surface area (Å²) in [6.07, 6.45) is 3.67. The molecule has 37 heavy (non-hydrogen) atoms. The zero-order valence-corrected chi connectivity index (χ0v) is 22.8. The predicted octanol–water partition coefficient (Wildman–Crippen LogP) is 3.55. The number of sulfonamides is 1. The van der Waals surface area contributed by atoms with Crippen molar-refractivity contribution in [1.29, 1.82) is 0 Å². The molecule has 2 aromatic rings. The van der Waals surface area contributed by atoms with Crippen molar-refractivity contribution < 1.29 is 27.5 Å². The Morgan fingerprint density at radius 1 is 1.05 bits per heavy atom. The van der Waals surface area contributed by atoms with E-state index in [1.54, 1.807) is 42.5 Å². The average Bonchev–Trinajstić information content (AvgIpc) is 3.14. The Morgan fingerprint density at radius 2 is 1.73 bits per heavy atom. The third-order valence-electron chi connectivity index (χ3n) is 5.44. The molecule has 0 bridgehead atoms. The monoisotopic (exact) mass is 561 g/mol. The first-order chi connectivity index (χ1) is 17.6. The summed E-state index contributed by atoms with van der Waals surface area (Å²) in [5.41, 5.74) is 4.34. The van der Waals surface area contributed by atoms with Crippen LogP contribution in [0, 0.1) is 6.92 Å². The number of aryl methyl sites for hydroxylation is 1. The molecule has 1 heterocycles. The topological polar surface area (TPSA) is 122 Å². The number of nitrogens with zero attached hydrogens (tertiary/aromatic N) is 1. The van der Waals surface area contributed by atoms with Crippen molar-refractivity contribution in [2.45, 2.75) is 37.5 Å². The fourth-order valence-corrected chi connectivity index (χ4v) is 5.54. The van der Waals surface area contributed by atoms with Crippen molar-refractivity contribution in [3.8, 4) is 0 Å². The van der Waals surface area contributed by atoms with Crippen LogP contribution in [0.3, 0.4) is 0 Å². The molecule has 1 aliphatic rings. The Kier molecular flexibility index (Phi) is 9.98. The molecule has 2 N–H and O–H groups in total. The number of ether oxygens (including phenoxy) is 1. The van der Waals surface area contributed by atoms with Gasteiger partial charge in [0, 0.05) is 13.0 Å². The first kappa shape index (κ1) is 28.5. The number of carbonyl (C=O) groups excluding carboxylic acids is 3. The SMILES string of the molecule is COC(=O)c1ccc(C=C2SC(=S)N(CCCCCC(=O)NNS(=O)(=O)c3ccc(C)cc3)C2=O)cc1.